The van der Waals surface area contributed by atoms with E-state index in [0.29, 0.717) is 5.56 Å². The van der Waals surface area contributed by atoms with Crippen molar-refractivity contribution in [1.82, 2.24) is 0 Å². The molecule has 0 bridgehead atoms. The highest BCUT2D eigenvalue weighted by Gasteiger charge is 2.19. The summed E-state index contributed by atoms with van der Waals surface area (Å²) in [5.74, 6) is -0.736. The van der Waals surface area contributed by atoms with Gasteiger partial charge in [-0.1, -0.05) is 18.2 Å². The predicted molar refractivity (Wildman–Crippen MR) is 78.7 cm³/mol. The molecule has 0 aliphatic rings. The first-order chi connectivity index (χ1) is 10.2. The van der Waals surface area contributed by atoms with Gasteiger partial charge in [0.2, 0.25) is 0 Å². The topological polar surface area (TPSA) is 119 Å². The molecular weight excluding hydrogens is 284 g/mol. The second-order valence-corrected chi connectivity index (χ2v) is 5.29. The fourth-order valence-corrected chi connectivity index (χ4v) is 0.922. The average Bonchev–Trinajstić information content (AvgIpc) is 2.54. The van der Waals surface area contributed by atoms with Gasteiger partial charge < -0.3 is 0 Å². The molecule has 0 saturated heterocycles. The van der Waals surface area contributed by atoms with Gasteiger partial charge in [0, 0.05) is 0 Å². The molecule has 0 saturated carbocycles. The molecule has 1 aromatic carbocycles. The van der Waals surface area contributed by atoms with Gasteiger partial charge >= 0.3 is 5.97 Å². The van der Waals surface area contributed by atoms with Crippen LogP contribution in [0.2, 0.25) is 0 Å². The molecule has 0 heterocycles. The van der Waals surface area contributed by atoms with E-state index in [2.05, 4.69) is 15.1 Å². The van der Waals surface area contributed by atoms with Gasteiger partial charge in [0.05, 0.1) is 17.7 Å². The number of hydrogen-bond donors (Lipinski definition) is 1. The lowest BCUT2D eigenvalue weighted by Crippen LogP contribution is -2.17. The van der Waals surface area contributed by atoms with Crippen LogP contribution in [0.15, 0.2) is 40.6 Å². The van der Waals surface area contributed by atoms with Gasteiger partial charge in [0.1, 0.15) is 0 Å². The molecule has 7 nitrogen and oxygen atoms in total. The summed E-state index contributed by atoms with van der Waals surface area (Å²) in [5.41, 5.74) is -1.34. The summed E-state index contributed by atoms with van der Waals surface area (Å²) < 4.78 is 0. The molecule has 0 aromatic heterocycles. The summed E-state index contributed by atoms with van der Waals surface area (Å²) in [6.07, 6.45) is 0. The fourth-order valence-electron chi connectivity index (χ4n) is 0.922. The minimum atomic E-state index is -0.839. The number of rotatable bonds is 3. The first-order valence-corrected chi connectivity index (χ1v) is 6.35. The van der Waals surface area contributed by atoms with Gasteiger partial charge in [-0.05, 0) is 39.8 Å². The third-order valence-electron chi connectivity index (χ3n) is 2.19. The Hall–Kier alpha value is -2.77. The van der Waals surface area contributed by atoms with Gasteiger partial charge in [-0.25, -0.2) is 4.79 Å². The molecule has 0 fully saturated rings. The third-order valence-corrected chi connectivity index (χ3v) is 2.19. The first-order valence-electron chi connectivity index (χ1n) is 6.35. The zero-order valence-electron chi connectivity index (χ0n) is 12.9. The molecule has 22 heavy (non-hydrogen) atoms. The zero-order valence-corrected chi connectivity index (χ0v) is 12.9. The summed E-state index contributed by atoms with van der Waals surface area (Å²) >= 11 is 0. The lowest BCUT2D eigenvalue weighted by molar-refractivity contribution is -0.182. The summed E-state index contributed by atoms with van der Waals surface area (Å²) in [5, 5.41) is 32.6. The van der Waals surface area contributed by atoms with E-state index >= 15 is 0 Å². The number of hydrogen-bond acceptors (Lipinski definition) is 7. The molecule has 1 N–H and O–H groups in total. The van der Waals surface area contributed by atoms with E-state index in [4.69, 9.17) is 15.8 Å². The lowest BCUT2D eigenvalue weighted by atomic mass is 10.1. The first kappa shape index (κ1) is 19.2. The van der Waals surface area contributed by atoms with Crippen LogP contribution in [0.3, 0.4) is 0 Å². The smallest absolute Gasteiger partial charge is 0.296 e. The van der Waals surface area contributed by atoms with Crippen molar-refractivity contribution in [1.29, 1.82) is 10.5 Å². The van der Waals surface area contributed by atoms with Crippen molar-refractivity contribution in [3.8, 4) is 12.1 Å². The van der Waals surface area contributed by atoms with Crippen molar-refractivity contribution in [3.05, 3.63) is 35.9 Å². The summed E-state index contributed by atoms with van der Waals surface area (Å²) in [6, 6.07) is 12.2. The van der Waals surface area contributed by atoms with Crippen molar-refractivity contribution < 1.29 is 14.9 Å². The van der Waals surface area contributed by atoms with E-state index in [1.165, 1.54) is 0 Å². The van der Waals surface area contributed by atoms with E-state index < -0.39 is 17.0 Å². The Bertz CT molecular complexity index is 567. The summed E-state index contributed by atoms with van der Waals surface area (Å²) in [7, 11) is 0. The second-order valence-electron chi connectivity index (χ2n) is 5.29. The van der Waals surface area contributed by atoms with Crippen molar-refractivity contribution >= 4 is 5.97 Å². The van der Waals surface area contributed by atoms with Crippen LogP contribution in [-0.4, -0.2) is 22.3 Å². The number of benzene rings is 1. The molecule has 1 aromatic rings. The summed E-state index contributed by atoms with van der Waals surface area (Å²) in [4.78, 5) is 14.0. The van der Waals surface area contributed by atoms with Crippen LogP contribution >= 0.6 is 0 Å². The van der Waals surface area contributed by atoms with Crippen LogP contribution < -0.4 is 0 Å². The Kier molecular flexibility index (Phi) is 7.43. The third kappa shape index (κ3) is 7.73. The van der Waals surface area contributed by atoms with E-state index in [1.54, 1.807) is 58.0 Å². The van der Waals surface area contributed by atoms with E-state index in [0.717, 1.165) is 0 Å². The maximum Gasteiger partial charge on any atom is 0.372 e. The Morgan fingerprint density at radius 2 is 1.45 bits per heavy atom. The molecule has 0 spiro atoms. The van der Waals surface area contributed by atoms with Gasteiger partial charge in [0.25, 0.3) is 0 Å². The normalized spacial score (nSPS) is 10.9. The second kappa shape index (κ2) is 8.50. The van der Waals surface area contributed by atoms with Crippen molar-refractivity contribution in [2.24, 2.45) is 10.2 Å². The molecule has 0 aliphatic carbocycles. The largest absolute Gasteiger partial charge is 0.372 e. The Labute approximate surface area is 129 Å². The van der Waals surface area contributed by atoms with E-state index in [-0.39, 0.29) is 0 Å². The highest BCUT2D eigenvalue weighted by atomic mass is 17.1. The van der Waals surface area contributed by atoms with Gasteiger partial charge in [-0.2, -0.15) is 26.0 Å². The van der Waals surface area contributed by atoms with Crippen molar-refractivity contribution in [2.75, 3.05) is 0 Å². The molecular formula is C15H18N4O3. The van der Waals surface area contributed by atoms with Crippen LogP contribution in [0.4, 0.5) is 0 Å². The highest BCUT2D eigenvalue weighted by molar-refractivity contribution is 5.88. The van der Waals surface area contributed by atoms with Crippen LogP contribution in [0.25, 0.3) is 0 Å². The molecule has 0 amide bonds. The molecule has 0 unspecified atom stereocenters. The minimum Gasteiger partial charge on any atom is -0.296 e. The number of carbonyl (C=O) groups is 1. The minimum absolute atomic E-state index is 0.338. The predicted octanol–water partition coefficient (Wildman–Crippen LogP) is 3.36. The Balaban J connectivity index is 0.000000406. The monoisotopic (exact) mass is 302 g/mol. The molecule has 1 rings (SSSR count). The molecule has 7 heteroatoms. The molecule has 0 aliphatic heterocycles. The Morgan fingerprint density at radius 1 is 1.05 bits per heavy atom. The SMILES string of the molecule is CC(C)(C#N)N=NC(C)(C)C#N.O=C(OO)c1ccccc1. The standard InChI is InChI=1S/C8H12N4.C7H6O3/c1-7(2,5-9)11-12-8(3,4)6-10;8-7(10-9)6-4-2-1-3-5-6/h1-4H3;1-5,9H. The van der Waals surface area contributed by atoms with Crippen LogP contribution in [-0.2, 0) is 4.89 Å². The quantitative estimate of drug-likeness (QED) is 0.521. The van der Waals surface area contributed by atoms with Gasteiger partial charge in [0.15, 0.2) is 11.1 Å². The maximum absolute atomic E-state index is 10.5. The van der Waals surface area contributed by atoms with Crippen LogP contribution in [0.1, 0.15) is 38.1 Å². The molecule has 0 radical (unpaired) electrons. The van der Waals surface area contributed by atoms with Crippen molar-refractivity contribution in [2.45, 2.75) is 38.8 Å². The van der Waals surface area contributed by atoms with Gasteiger partial charge in [-0.15, -0.1) is 0 Å². The van der Waals surface area contributed by atoms with Crippen LogP contribution in [0, 0.1) is 22.7 Å². The van der Waals surface area contributed by atoms with Crippen molar-refractivity contribution in [3.63, 3.8) is 0 Å². The van der Waals surface area contributed by atoms with E-state index in [1.807, 2.05) is 12.1 Å². The van der Waals surface area contributed by atoms with Gasteiger partial charge in [-0.3, -0.25) is 4.89 Å². The zero-order chi connectivity index (χ0) is 17.2. The fraction of sp³-hybridized carbons (Fsp3) is 0.400. The molecule has 116 valence electrons. The van der Waals surface area contributed by atoms with E-state index in [9.17, 15) is 4.79 Å². The Morgan fingerprint density at radius 3 is 1.77 bits per heavy atom. The number of nitriles is 2. The average molecular weight is 302 g/mol. The molecule has 0 atom stereocenters. The number of carbonyl (C=O) groups excluding carboxylic acids is 1. The lowest BCUT2D eigenvalue weighted by Gasteiger charge is -2.11. The maximum atomic E-state index is 10.5. The summed E-state index contributed by atoms with van der Waals surface area (Å²) in [6.45, 7) is 6.57. The number of nitrogens with zero attached hydrogens (tertiary/aromatic N) is 4. The number of azo groups is 1. The highest BCUT2D eigenvalue weighted by Crippen LogP contribution is 2.13. The van der Waals surface area contributed by atoms with Crippen LogP contribution in [0.5, 0.6) is 0 Å².